The third-order valence-corrected chi connectivity index (χ3v) is 6.56. The predicted molar refractivity (Wildman–Crippen MR) is 107 cm³/mol. The van der Waals surface area contributed by atoms with E-state index in [1.165, 1.54) is 5.38 Å². The number of phenols is 2. The average Bonchev–Trinajstić information content (AvgIpc) is 3.35. The topological polar surface area (TPSA) is 121 Å². The van der Waals surface area contributed by atoms with Crippen LogP contribution in [-0.4, -0.2) is 51.7 Å². The Kier molecular flexibility index (Phi) is 3.77. The quantitative estimate of drug-likeness (QED) is 0.416. The predicted octanol–water partition coefficient (Wildman–Crippen LogP) is 2.26. The van der Waals surface area contributed by atoms with Gasteiger partial charge in [0.15, 0.2) is 5.78 Å². The molecule has 1 fully saturated rings. The Balaban J connectivity index is 1.71. The maximum absolute atomic E-state index is 13.3. The van der Waals surface area contributed by atoms with E-state index in [-0.39, 0.29) is 61.4 Å². The Labute approximate surface area is 169 Å². The van der Waals surface area contributed by atoms with Crippen molar-refractivity contribution in [2.75, 3.05) is 13.1 Å². The number of phenolic OH excluding ortho intramolecular Hbond substituents is 2. The number of hydrogen-bond donors (Lipinski definition) is 3. The third kappa shape index (κ3) is 2.36. The third-order valence-electron chi connectivity index (χ3n) is 5.58. The molecule has 4 N–H and O–H groups in total. The molecule has 0 spiro atoms. The van der Waals surface area contributed by atoms with E-state index in [0.29, 0.717) is 19.5 Å². The molecule has 0 bridgehead atoms. The fourth-order valence-corrected chi connectivity index (χ4v) is 5.12. The van der Waals surface area contributed by atoms with E-state index >= 15 is 0 Å². The van der Waals surface area contributed by atoms with E-state index in [4.69, 9.17) is 5.73 Å². The van der Waals surface area contributed by atoms with Gasteiger partial charge in [-0.25, -0.2) is 0 Å². The highest BCUT2D eigenvalue weighted by Crippen LogP contribution is 2.46. The molecule has 146 valence electrons. The van der Waals surface area contributed by atoms with E-state index < -0.39 is 11.6 Å². The van der Waals surface area contributed by atoms with Gasteiger partial charge in [0, 0.05) is 35.3 Å². The molecule has 0 unspecified atom stereocenters. The van der Waals surface area contributed by atoms with Crippen molar-refractivity contribution in [3.63, 3.8) is 0 Å². The first-order valence-electron chi connectivity index (χ1n) is 9.12. The maximum atomic E-state index is 13.3. The minimum absolute atomic E-state index is 0.0112. The zero-order chi connectivity index (χ0) is 20.4. The molecule has 1 amide bonds. The van der Waals surface area contributed by atoms with E-state index in [1.807, 2.05) is 0 Å². The second-order valence-electron chi connectivity index (χ2n) is 7.30. The van der Waals surface area contributed by atoms with Gasteiger partial charge >= 0.3 is 0 Å². The summed E-state index contributed by atoms with van der Waals surface area (Å²) in [6.45, 7) is 0.874. The molecule has 1 aromatic heterocycles. The molecule has 1 saturated heterocycles. The largest absolute Gasteiger partial charge is 0.506 e. The van der Waals surface area contributed by atoms with Gasteiger partial charge in [0.25, 0.3) is 5.91 Å². The van der Waals surface area contributed by atoms with Crippen molar-refractivity contribution in [2.24, 2.45) is 5.73 Å². The smallest absolute Gasteiger partial charge is 0.255 e. The van der Waals surface area contributed by atoms with Crippen LogP contribution in [0.3, 0.4) is 0 Å². The highest BCUT2D eigenvalue weighted by Gasteiger charge is 2.41. The zero-order valence-electron chi connectivity index (χ0n) is 15.1. The Bertz CT molecular complexity index is 1250. The van der Waals surface area contributed by atoms with Gasteiger partial charge in [0.05, 0.1) is 27.1 Å². The molecule has 29 heavy (non-hydrogen) atoms. The van der Waals surface area contributed by atoms with Crippen LogP contribution < -0.4 is 5.73 Å². The van der Waals surface area contributed by atoms with E-state index in [0.717, 1.165) is 11.3 Å². The fourth-order valence-electron chi connectivity index (χ4n) is 4.13. The van der Waals surface area contributed by atoms with Crippen LogP contribution in [0.1, 0.15) is 47.9 Å². The second kappa shape index (κ2) is 6.13. The summed E-state index contributed by atoms with van der Waals surface area (Å²) in [5.74, 6) is -2.28. The highest BCUT2D eigenvalue weighted by molar-refractivity contribution is 7.13. The molecular formula is C21H16N2O5S. The van der Waals surface area contributed by atoms with Gasteiger partial charge in [-0.15, -0.1) is 11.3 Å². The maximum Gasteiger partial charge on any atom is 0.255 e. The number of likely N-dealkylation sites (tertiary alicyclic amines) is 1. The average molecular weight is 408 g/mol. The number of aromatic hydroxyl groups is 2. The van der Waals surface area contributed by atoms with Crippen LogP contribution in [0.15, 0.2) is 29.6 Å². The number of carbonyl (C=O) groups excluding carboxylic acids is 3. The first kappa shape index (κ1) is 17.8. The summed E-state index contributed by atoms with van der Waals surface area (Å²) in [4.78, 5) is 41.1. The summed E-state index contributed by atoms with van der Waals surface area (Å²) in [6.07, 6.45) is 0.675. The zero-order valence-corrected chi connectivity index (χ0v) is 16.0. The van der Waals surface area contributed by atoms with Crippen molar-refractivity contribution in [1.82, 2.24) is 4.90 Å². The van der Waals surface area contributed by atoms with Crippen molar-refractivity contribution in [2.45, 2.75) is 12.5 Å². The molecule has 8 heteroatoms. The molecule has 7 nitrogen and oxygen atoms in total. The summed E-state index contributed by atoms with van der Waals surface area (Å²) in [7, 11) is 0. The number of benzene rings is 2. The molecular weight excluding hydrogens is 392 g/mol. The summed E-state index contributed by atoms with van der Waals surface area (Å²) in [6, 6.07) is 6.34. The van der Waals surface area contributed by atoms with Crippen molar-refractivity contribution < 1.29 is 24.6 Å². The Morgan fingerprint density at radius 2 is 1.66 bits per heavy atom. The summed E-state index contributed by atoms with van der Waals surface area (Å²) >= 11 is 0.993. The molecule has 2 aromatic carbocycles. The highest BCUT2D eigenvalue weighted by atomic mass is 32.1. The first-order valence-corrected chi connectivity index (χ1v) is 10.0. The number of carbonyl (C=O) groups is 3. The van der Waals surface area contributed by atoms with Gasteiger partial charge in [-0.1, -0.05) is 24.3 Å². The molecule has 1 aliphatic heterocycles. The van der Waals surface area contributed by atoms with Crippen molar-refractivity contribution in [1.29, 1.82) is 0 Å². The van der Waals surface area contributed by atoms with Crippen molar-refractivity contribution in [3.05, 3.63) is 56.8 Å². The lowest BCUT2D eigenvalue weighted by Crippen LogP contribution is -2.33. The molecule has 3 aromatic rings. The Hall–Kier alpha value is -3.23. The number of nitrogens with two attached hydrogens (primary N) is 1. The molecule has 2 aliphatic rings. The van der Waals surface area contributed by atoms with Crippen LogP contribution >= 0.6 is 11.3 Å². The summed E-state index contributed by atoms with van der Waals surface area (Å²) < 4.78 is 0. The lowest BCUT2D eigenvalue weighted by Gasteiger charge is -2.21. The van der Waals surface area contributed by atoms with Gasteiger partial charge in [-0.3, -0.25) is 14.4 Å². The summed E-state index contributed by atoms with van der Waals surface area (Å²) in [5.41, 5.74) is 5.53. The molecule has 1 atom stereocenters. The van der Waals surface area contributed by atoms with Crippen LogP contribution in [0.5, 0.6) is 11.5 Å². The monoisotopic (exact) mass is 408 g/mol. The first-order chi connectivity index (χ1) is 13.9. The molecule has 1 aliphatic carbocycles. The minimum Gasteiger partial charge on any atom is -0.506 e. The normalized spacial score (nSPS) is 18.2. The number of thiophene rings is 1. The van der Waals surface area contributed by atoms with E-state index in [9.17, 15) is 24.6 Å². The lowest BCUT2D eigenvalue weighted by atomic mass is 9.83. The van der Waals surface area contributed by atoms with Gasteiger partial charge < -0.3 is 20.8 Å². The van der Waals surface area contributed by atoms with Gasteiger partial charge in [-0.05, 0) is 6.42 Å². The van der Waals surface area contributed by atoms with Crippen LogP contribution in [-0.2, 0) is 0 Å². The number of amides is 1. The van der Waals surface area contributed by atoms with Gasteiger partial charge in [0.1, 0.15) is 11.5 Å². The molecule has 0 saturated carbocycles. The van der Waals surface area contributed by atoms with Crippen molar-refractivity contribution in [3.8, 4) is 11.5 Å². The Morgan fingerprint density at radius 3 is 2.24 bits per heavy atom. The molecule has 0 radical (unpaired) electrons. The SMILES string of the molecule is N[C@@H]1CCN(C(=O)c2csc3c2C(=O)c2c(c(O)c4ccccc4c2O)C3=O)C1. The van der Waals surface area contributed by atoms with Crippen LogP contribution in [0, 0.1) is 0 Å². The second-order valence-corrected chi connectivity index (χ2v) is 8.18. The number of nitrogens with zero attached hydrogens (tertiary/aromatic N) is 1. The minimum atomic E-state index is -0.638. The van der Waals surface area contributed by atoms with E-state index in [1.54, 1.807) is 29.2 Å². The summed E-state index contributed by atoms with van der Waals surface area (Å²) in [5, 5.41) is 23.5. The lowest BCUT2D eigenvalue weighted by molar-refractivity contribution is 0.0786. The number of fused-ring (bicyclic) bond motifs is 3. The van der Waals surface area contributed by atoms with Crippen LogP contribution in [0.4, 0.5) is 0 Å². The number of rotatable bonds is 1. The van der Waals surface area contributed by atoms with E-state index in [2.05, 4.69) is 0 Å². The van der Waals surface area contributed by atoms with Crippen molar-refractivity contribution >= 4 is 39.6 Å². The van der Waals surface area contributed by atoms with Crippen LogP contribution in [0.2, 0.25) is 0 Å². The number of ketones is 2. The van der Waals surface area contributed by atoms with Gasteiger partial charge in [0.2, 0.25) is 5.78 Å². The standard InChI is InChI=1S/C21H16N2O5S/c22-9-5-6-23(7-9)21(28)12-8-29-20-13(12)18(26)14-15(19(20)27)17(25)11-4-2-1-3-10(11)16(14)24/h1-4,8-9,24-25H,5-7,22H2/t9-/m1/s1. The molecule has 2 heterocycles. The number of hydrogen-bond acceptors (Lipinski definition) is 7. The van der Waals surface area contributed by atoms with Crippen LogP contribution in [0.25, 0.3) is 10.8 Å². The van der Waals surface area contributed by atoms with Gasteiger partial charge in [-0.2, -0.15) is 0 Å². The fraction of sp³-hybridized carbons (Fsp3) is 0.190. The Morgan fingerprint density at radius 1 is 1.03 bits per heavy atom. The molecule has 5 rings (SSSR count).